The first kappa shape index (κ1) is 20.7. The highest BCUT2D eigenvalue weighted by atomic mass is 16.3. The van der Waals surface area contributed by atoms with Crippen molar-refractivity contribution in [1.29, 1.82) is 0 Å². The second-order valence-electron chi connectivity index (χ2n) is 9.78. The van der Waals surface area contributed by atoms with Crippen molar-refractivity contribution in [2.75, 3.05) is 19.7 Å². The predicted octanol–water partition coefficient (Wildman–Crippen LogP) is 4.44. The van der Waals surface area contributed by atoms with Crippen LogP contribution in [-0.2, 0) is 6.54 Å². The van der Waals surface area contributed by atoms with E-state index >= 15 is 0 Å². The molecular formula is C27H34N2O2. The van der Waals surface area contributed by atoms with Gasteiger partial charge in [-0.2, -0.15) is 0 Å². The predicted molar refractivity (Wildman–Crippen MR) is 123 cm³/mol. The molecule has 3 aliphatic rings. The fraction of sp³-hybridized carbons (Fsp3) is 0.519. The van der Waals surface area contributed by atoms with Crippen LogP contribution in [0.3, 0.4) is 0 Å². The molecule has 3 fully saturated rings. The van der Waals surface area contributed by atoms with Gasteiger partial charge in [0.05, 0.1) is 0 Å². The number of aliphatic hydroxyl groups excluding tert-OH is 1. The second kappa shape index (κ2) is 9.13. The van der Waals surface area contributed by atoms with Crippen LogP contribution in [0.25, 0.3) is 0 Å². The van der Waals surface area contributed by atoms with Gasteiger partial charge in [-0.25, -0.2) is 0 Å². The van der Waals surface area contributed by atoms with Gasteiger partial charge >= 0.3 is 0 Å². The van der Waals surface area contributed by atoms with Crippen LogP contribution in [0.4, 0.5) is 0 Å². The molecule has 31 heavy (non-hydrogen) atoms. The summed E-state index contributed by atoms with van der Waals surface area (Å²) >= 11 is 0. The number of hydrogen-bond acceptors (Lipinski definition) is 3. The monoisotopic (exact) mass is 418 g/mol. The molecular weight excluding hydrogens is 384 g/mol. The minimum atomic E-state index is 0.217. The quantitative estimate of drug-likeness (QED) is 0.781. The van der Waals surface area contributed by atoms with Crippen LogP contribution in [0.2, 0.25) is 0 Å². The van der Waals surface area contributed by atoms with Crippen LogP contribution in [0, 0.1) is 5.92 Å². The topological polar surface area (TPSA) is 43.8 Å². The van der Waals surface area contributed by atoms with E-state index in [0.717, 1.165) is 63.7 Å². The Morgan fingerprint density at radius 3 is 2.13 bits per heavy atom. The first-order valence-electron chi connectivity index (χ1n) is 12.0. The van der Waals surface area contributed by atoms with Gasteiger partial charge < -0.3 is 10.0 Å². The number of benzene rings is 2. The lowest BCUT2D eigenvalue weighted by Gasteiger charge is -2.39. The van der Waals surface area contributed by atoms with E-state index < -0.39 is 0 Å². The van der Waals surface area contributed by atoms with Crippen LogP contribution in [0.1, 0.15) is 65.9 Å². The number of carbonyl (C=O) groups excluding carboxylic acids is 1. The second-order valence-corrected chi connectivity index (χ2v) is 9.78. The van der Waals surface area contributed by atoms with Crippen LogP contribution in [-0.4, -0.2) is 52.6 Å². The Bertz CT molecular complexity index is 860. The number of nitrogens with zero attached hydrogens (tertiary/aromatic N) is 2. The summed E-state index contributed by atoms with van der Waals surface area (Å²) in [7, 11) is 0. The molecule has 3 aliphatic heterocycles. The Morgan fingerprint density at radius 1 is 0.871 bits per heavy atom. The molecule has 164 valence electrons. The summed E-state index contributed by atoms with van der Waals surface area (Å²) in [5.74, 6) is 1.27. The van der Waals surface area contributed by atoms with Crippen LogP contribution >= 0.6 is 0 Å². The van der Waals surface area contributed by atoms with Crippen molar-refractivity contribution in [3.8, 4) is 0 Å². The molecule has 4 nitrogen and oxygen atoms in total. The largest absolute Gasteiger partial charge is 0.396 e. The molecule has 5 rings (SSSR count). The van der Waals surface area contributed by atoms with Crippen LogP contribution < -0.4 is 0 Å². The average Bonchev–Trinajstić information content (AvgIpc) is 3.09. The Balaban J connectivity index is 1.21. The first-order chi connectivity index (χ1) is 15.2. The van der Waals surface area contributed by atoms with Gasteiger partial charge in [0.15, 0.2) is 0 Å². The molecule has 0 aromatic heterocycles. The maximum atomic E-state index is 13.4. The standard InChI is InChI=1S/C27H34N2O2/c30-19-21-12-14-28(15-13-21)18-20-6-8-23(9-7-20)27(31)29-25-10-11-26(29)17-24(16-25)22-4-2-1-3-5-22/h1-9,21,24-26,30H,10-19H2/t24?,25-,26+. The highest BCUT2D eigenvalue weighted by Crippen LogP contribution is 2.43. The van der Waals surface area contributed by atoms with Crippen molar-refractivity contribution < 1.29 is 9.90 Å². The number of piperidine rings is 2. The lowest BCUT2D eigenvalue weighted by molar-refractivity contribution is 0.0571. The van der Waals surface area contributed by atoms with E-state index in [4.69, 9.17) is 0 Å². The zero-order valence-electron chi connectivity index (χ0n) is 18.3. The Hall–Kier alpha value is -2.17. The van der Waals surface area contributed by atoms with Crippen LogP contribution in [0.5, 0.6) is 0 Å². The summed E-state index contributed by atoms with van der Waals surface area (Å²) < 4.78 is 0. The molecule has 0 saturated carbocycles. The summed E-state index contributed by atoms with van der Waals surface area (Å²) in [5.41, 5.74) is 3.53. The summed E-state index contributed by atoms with van der Waals surface area (Å²) in [4.78, 5) is 18.0. The Labute approximate surface area is 185 Å². The van der Waals surface area contributed by atoms with Crippen LogP contribution in [0.15, 0.2) is 54.6 Å². The molecule has 3 heterocycles. The van der Waals surface area contributed by atoms with Crippen molar-refractivity contribution in [2.24, 2.45) is 5.92 Å². The summed E-state index contributed by atoms with van der Waals surface area (Å²) in [6.45, 7) is 3.34. The van der Waals surface area contributed by atoms with Gasteiger partial charge in [-0.05, 0) is 86.7 Å². The van der Waals surface area contributed by atoms with E-state index in [1.165, 1.54) is 11.1 Å². The van der Waals surface area contributed by atoms with E-state index in [2.05, 4.69) is 52.3 Å². The van der Waals surface area contributed by atoms with E-state index in [9.17, 15) is 9.90 Å². The van der Waals surface area contributed by atoms with E-state index in [1.807, 2.05) is 12.1 Å². The third kappa shape index (κ3) is 4.42. The summed E-state index contributed by atoms with van der Waals surface area (Å²) in [6, 6.07) is 19.9. The molecule has 1 amide bonds. The molecule has 2 aromatic rings. The maximum Gasteiger partial charge on any atom is 0.254 e. The maximum absolute atomic E-state index is 13.4. The minimum absolute atomic E-state index is 0.217. The van der Waals surface area contributed by atoms with Crippen molar-refractivity contribution in [1.82, 2.24) is 9.80 Å². The molecule has 3 saturated heterocycles. The number of aliphatic hydroxyl groups is 1. The summed E-state index contributed by atoms with van der Waals surface area (Å²) in [6.07, 6.45) is 6.62. The van der Waals surface area contributed by atoms with Gasteiger partial charge in [0.25, 0.3) is 5.91 Å². The number of carbonyl (C=O) groups is 1. The average molecular weight is 419 g/mol. The molecule has 4 heteroatoms. The first-order valence-corrected chi connectivity index (χ1v) is 12.0. The number of rotatable bonds is 5. The summed E-state index contributed by atoms with van der Waals surface area (Å²) in [5, 5.41) is 9.32. The SMILES string of the molecule is O=C(c1ccc(CN2CCC(CO)CC2)cc1)N1[C@@H]2CC[C@H]1CC(c1ccccc1)C2. The fourth-order valence-electron chi connectivity index (χ4n) is 5.99. The van der Waals surface area contributed by atoms with Gasteiger partial charge in [0.1, 0.15) is 0 Å². The lowest BCUT2D eigenvalue weighted by Crippen LogP contribution is -2.46. The smallest absolute Gasteiger partial charge is 0.254 e. The normalized spacial score (nSPS) is 26.9. The van der Waals surface area contributed by atoms with Crippen molar-refractivity contribution in [3.63, 3.8) is 0 Å². The zero-order valence-corrected chi connectivity index (χ0v) is 18.3. The number of fused-ring (bicyclic) bond motifs is 2. The lowest BCUT2D eigenvalue weighted by atomic mass is 9.85. The molecule has 1 unspecified atom stereocenters. The van der Waals surface area contributed by atoms with E-state index in [0.29, 0.717) is 30.5 Å². The fourth-order valence-corrected chi connectivity index (χ4v) is 5.99. The van der Waals surface area contributed by atoms with Crippen molar-refractivity contribution in [3.05, 3.63) is 71.3 Å². The van der Waals surface area contributed by atoms with Gasteiger partial charge in [0, 0.05) is 30.8 Å². The van der Waals surface area contributed by atoms with Crippen molar-refractivity contribution >= 4 is 5.91 Å². The third-order valence-electron chi connectivity index (χ3n) is 7.81. The van der Waals surface area contributed by atoms with Crippen molar-refractivity contribution in [2.45, 2.75) is 63.1 Å². The number of hydrogen-bond donors (Lipinski definition) is 1. The molecule has 1 N–H and O–H groups in total. The molecule has 0 spiro atoms. The Morgan fingerprint density at radius 2 is 1.52 bits per heavy atom. The minimum Gasteiger partial charge on any atom is -0.396 e. The molecule has 2 aromatic carbocycles. The third-order valence-corrected chi connectivity index (χ3v) is 7.81. The zero-order chi connectivity index (χ0) is 21.2. The highest BCUT2D eigenvalue weighted by molar-refractivity contribution is 5.95. The molecule has 0 radical (unpaired) electrons. The van der Waals surface area contributed by atoms with Gasteiger partial charge in [-0.1, -0.05) is 42.5 Å². The van der Waals surface area contributed by atoms with Gasteiger partial charge in [-0.15, -0.1) is 0 Å². The van der Waals surface area contributed by atoms with E-state index in [-0.39, 0.29) is 5.91 Å². The molecule has 3 atom stereocenters. The van der Waals surface area contributed by atoms with Gasteiger partial charge in [-0.3, -0.25) is 9.69 Å². The Kier molecular flexibility index (Phi) is 6.10. The number of likely N-dealkylation sites (tertiary alicyclic amines) is 1. The molecule has 2 bridgehead atoms. The van der Waals surface area contributed by atoms with E-state index in [1.54, 1.807) is 0 Å². The molecule has 0 aliphatic carbocycles. The highest BCUT2D eigenvalue weighted by Gasteiger charge is 2.43. The number of amides is 1. The van der Waals surface area contributed by atoms with Gasteiger partial charge in [0.2, 0.25) is 0 Å².